The van der Waals surface area contributed by atoms with E-state index >= 15 is 0 Å². The second-order valence-corrected chi connectivity index (χ2v) is 1.97. The maximum Gasteiger partial charge on any atom is 2.00 e. The molecule has 56 valence electrons. The molecule has 0 amide bonds. The zero-order chi connectivity index (χ0) is 6.24. The molecule has 0 fully saturated rings. The van der Waals surface area contributed by atoms with Crippen molar-refractivity contribution in [1.29, 1.82) is 0 Å². The largest absolute Gasteiger partial charge is 2.00 e. The van der Waals surface area contributed by atoms with Crippen LogP contribution in [0.5, 0.6) is 0 Å². The Balaban J connectivity index is -0.000000245. The molecule has 0 aliphatic heterocycles. The fraction of sp³-hybridized carbons (Fsp3) is 0.625. The van der Waals surface area contributed by atoms with Crippen molar-refractivity contribution in [3.63, 3.8) is 0 Å². The molecule has 0 radical (unpaired) electrons. The SMILES string of the molecule is C=C[CH-]CCCCC.[Br-].[Mg+2]. The molecule has 0 spiro atoms. The summed E-state index contributed by atoms with van der Waals surface area (Å²) in [6.45, 7) is 5.82. The predicted molar refractivity (Wildman–Crippen MR) is 44.4 cm³/mol. The summed E-state index contributed by atoms with van der Waals surface area (Å²) in [7, 11) is 0. The number of halogens is 1. The molecule has 0 atom stereocenters. The van der Waals surface area contributed by atoms with Gasteiger partial charge in [-0.15, -0.1) is 6.42 Å². The second kappa shape index (κ2) is 16.4. The molecule has 0 aromatic rings. The average Bonchev–Trinajstić information content (AvgIpc) is 1.81. The summed E-state index contributed by atoms with van der Waals surface area (Å²) in [5.41, 5.74) is 0. The molecule has 2 heteroatoms. The van der Waals surface area contributed by atoms with Crippen LogP contribution in [0.3, 0.4) is 0 Å². The molecule has 0 N–H and O–H groups in total. The number of rotatable bonds is 5. The van der Waals surface area contributed by atoms with Crippen LogP contribution in [-0.4, -0.2) is 23.1 Å². The van der Waals surface area contributed by atoms with Crippen LogP contribution >= 0.6 is 0 Å². The van der Waals surface area contributed by atoms with Gasteiger partial charge in [0.05, 0.1) is 0 Å². The zero-order valence-electron chi connectivity index (χ0n) is 6.78. The molecule has 0 nitrogen and oxygen atoms in total. The molecular formula is C8H15BrMg. The normalized spacial score (nSPS) is 6.90. The Hall–Kier alpha value is 0.856. The van der Waals surface area contributed by atoms with Crippen molar-refractivity contribution in [3.8, 4) is 0 Å². The van der Waals surface area contributed by atoms with Crippen molar-refractivity contribution in [1.82, 2.24) is 0 Å². The van der Waals surface area contributed by atoms with E-state index < -0.39 is 0 Å². The van der Waals surface area contributed by atoms with Crippen LogP contribution in [0.15, 0.2) is 12.7 Å². The first kappa shape index (κ1) is 17.1. The first-order valence-electron chi connectivity index (χ1n) is 3.36. The van der Waals surface area contributed by atoms with Crippen molar-refractivity contribution in [2.24, 2.45) is 0 Å². The first-order chi connectivity index (χ1) is 3.91. The summed E-state index contributed by atoms with van der Waals surface area (Å²) < 4.78 is 0. The van der Waals surface area contributed by atoms with E-state index in [1.165, 1.54) is 25.7 Å². The Morgan fingerprint density at radius 1 is 1.40 bits per heavy atom. The van der Waals surface area contributed by atoms with Crippen LogP contribution in [0.2, 0.25) is 0 Å². The zero-order valence-corrected chi connectivity index (χ0v) is 9.78. The summed E-state index contributed by atoms with van der Waals surface area (Å²) in [6, 6.07) is 0. The van der Waals surface area contributed by atoms with E-state index in [1.807, 2.05) is 6.08 Å². The van der Waals surface area contributed by atoms with E-state index in [1.54, 1.807) is 0 Å². The minimum atomic E-state index is 0. The standard InChI is InChI=1S/C8H15.BrH.Mg/c1-3-5-7-8-6-4-2;;/h3,5H,1,4,6-8H2,2H3;1H;/q-1;;+2/p-1. The third-order valence-corrected chi connectivity index (χ3v) is 1.14. The fourth-order valence-corrected chi connectivity index (χ4v) is 0.630. The van der Waals surface area contributed by atoms with Crippen LogP contribution in [0.4, 0.5) is 0 Å². The van der Waals surface area contributed by atoms with E-state index in [4.69, 9.17) is 0 Å². The molecular weight excluding hydrogens is 200 g/mol. The van der Waals surface area contributed by atoms with Crippen LogP contribution in [0, 0.1) is 6.42 Å². The van der Waals surface area contributed by atoms with Gasteiger partial charge in [0.15, 0.2) is 0 Å². The molecule has 0 unspecified atom stereocenters. The number of hydrogen-bond donors (Lipinski definition) is 0. The van der Waals surface area contributed by atoms with Gasteiger partial charge in [0.25, 0.3) is 0 Å². The average molecular weight is 215 g/mol. The minimum absolute atomic E-state index is 0. The Morgan fingerprint density at radius 3 is 2.40 bits per heavy atom. The van der Waals surface area contributed by atoms with E-state index in [-0.39, 0.29) is 40.0 Å². The molecule has 10 heavy (non-hydrogen) atoms. The van der Waals surface area contributed by atoms with Gasteiger partial charge in [-0.05, 0) is 0 Å². The van der Waals surface area contributed by atoms with Crippen LogP contribution in [-0.2, 0) is 0 Å². The topological polar surface area (TPSA) is 0 Å². The molecule has 0 saturated carbocycles. The van der Waals surface area contributed by atoms with Crippen LogP contribution < -0.4 is 17.0 Å². The van der Waals surface area contributed by atoms with Crippen LogP contribution in [0.1, 0.15) is 32.6 Å². The third-order valence-electron chi connectivity index (χ3n) is 1.14. The van der Waals surface area contributed by atoms with Gasteiger partial charge in [0.2, 0.25) is 0 Å². The van der Waals surface area contributed by atoms with Gasteiger partial charge in [-0.2, -0.15) is 0 Å². The van der Waals surface area contributed by atoms with Gasteiger partial charge in [-0.25, -0.2) is 19.1 Å². The van der Waals surface area contributed by atoms with Gasteiger partial charge >= 0.3 is 23.1 Å². The number of allylic oxidation sites excluding steroid dienone is 1. The van der Waals surface area contributed by atoms with E-state index in [2.05, 4.69) is 19.9 Å². The fourth-order valence-electron chi connectivity index (χ4n) is 0.630. The predicted octanol–water partition coefficient (Wildman–Crippen LogP) is -0.420. The quantitative estimate of drug-likeness (QED) is 0.332. The molecule has 0 rings (SSSR count). The summed E-state index contributed by atoms with van der Waals surface area (Å²) in [5, 5.41) is 0. The van der Waals surface area contributed by atoms with Crippen molar-refractivity contribution in [2.45, 2.75) is 32.6 Å². The van der Waals surface area contributed by atoms with Gasteiger partial charge in [-0.3, -0.25) is 0 Å². The van der Waals surface area contributed by atoms with Gasteiger partial charge in [0, 0.05) is 0 Å². The van der Waals surface area contributed by atoms with E-state index in [9.17, 15) is 0 Å². The van der Waals surface area contributed by atoms with Gasteiger partial charge in [0.1, 0.15) is 0 Å². The second-order valence-electron chi connectivity index (χ2n) is 1.97. The van der Waals surface area contributed by atoms with Gasteiger partial charge in [-0.1, -0.05) is 26.2 Å². The summed E-state index contributed by atoms with van der Waals surface area (Å²) in [4.78, 5) is 0. The Bertz CT molecular complexity index is 55.2. The molecule has 0 aromatic carbocycles. The number of hydrogen-bond acceptors (Lipinski definition) is 0. The third kappa shape index (κ3) is 15.9. The Labute approximate surface area is 91.4 Å². The van der Waals surface area contributed by atoms with Crippen molar-refractivity contribution >= 4 is 23.1 Å². The summed E-state index contributed by atoms with van der Waals surface area (Å²) >= 11 is 0. The maximum absolute atomic E-state index is 3.60. The monoisotopic (exact) mass is 214 g/mol. The summed E-state index contributed by atoms with van der Waals surface area (Å²) in [6.07, 6.45) is 9.18. The molecule has 0 saturated heterocycles. The Morgan fingerprint density at radius 2 is 2.00 bits per heavy atom. The first-order valence-corrected chi connectivity index (χ1v) is 3.36. The van der Waals surface area contributed by atoms with E-state index in [0.29, 0.717) is 0 Å². The maximum atomic E-state index is 3.60. The summed E-state index contributed by atoms with van der Waals surface area (Å²) in [5.74, 6) is 0. The molecule has 0 heterocycles. The minimum Gasteiger partial charge on any atom is -1.00 e. The van der Waals surface area contributed by atoms with Crippen LogP contribution in [0.25, 0.3) is 0 Å². The number of unbranched alkanes of at least 4 members (excludes halogenated alkanes) is 4. The Kier molecular flexibility index (Phi) is 28.1. The van der Waals surface area contributed by atoms with Gasteiger partial charge < -0.3 is 17.0 Å². The van der Waals surface area contributed by atoms with Crippen molar-refractivity contribution in [3.05, 3.63) is 19.1 Å². The molecule has 0 aromatic heterocycles. The molecule has 0 bridgehead atoms. The molecule has 0 aliphatic rings. The van der Waals surface area contributed by atoms with Crippen molar-refractivity contribution < 1.29 is 17.0 Å². The van der Waals surface area contributed by atoms with Crippen molar-refractivity contribution in [2.75, 3.05) is 0 Å². The smallest absolute Gasteiger partial charge is 1.00 e. The molecule has 0 aliphatic carbocycles. The van der Waals surface area contributed by atoms with E-state index in [0.717, 1.165) is 0 Å².